The molecule has 6 heteroatoms. The second-order valence-corrected chi connectivity index (χ2v) is 10.2. The number of hydrogen-bond donors (Lipinski definition) is 1. The average molecular weight is 430 g/mol. The lowest BCUT2D eigenvalue weighted by molar-refractivity contribution is -0.142. The fraction of sp³-hybridized carbons (Fsp3) is 0.708. The Bertz CT molecular complexity index is 838. The molecule has 1 saturated carbocycles. The quantitative estimate of drug-likeness (QED) is 0.718. The highest BCUT2D eigenvalue weighted by Crippen LogP contribution is 2.46. The van der Waals surface area contributed by atoms with E-state index in [4.69, 9.17) is 11.6 Å². The number of carbonyl (C=O) groups excluding carboxylic acids is 2. The summed E-state index contributed by atoms with van der Waals surface area (Å²) in [6.07, 6.45) is 11.1. The first-order valence-corrected chi connectivity index (χ1v) is 12.2. The number of fused-ring (bicyclic) bond motifs is 2. The van der Waals surface area contributed by atoms with E-state index in [0.717, 1.165) is 31.5 Å². The first-order valence-electron chi connectivity index (χ1n) is 11.8. The number of Topliss-reactive ketones (excluding diaryl/α,β-unsaturated/α-hetero) is 1. The van der Waals surface area contributed by atoms with Gasteiger partial charge in [0.15, 0.2) is 5.78 Å². The maximum Gasteiger partial charge on any atom is 0.228 e. The number of nitrogens with one attached hydrogen (secondary N) is 1. The van der Waals surface area contributed by atoms with E-state index in [0.29, 0.717) is 48.1 Å². The molecule has 30 heavy (non-hydrogen) atoms. The molecule has 0 radical (unpaired) electrons. The van der Waals surface area contributed by atoms with Crippen molar-refractivity contribution in [3.05, 3.63) is 28.5 Å². The first-order chi connectivity index (χ1) is 14.6. The minimum absolute atomic E-state index is 0.0503. The number of halogens is 1. The van der Waals surface area contributed by atoms with Crippen LogP contribution in [0.2, 0.25) is 5.15 Å². The standard InChI is InChI=1S/C24H32ClN3O2/c25-21-10-9-17-22(27-21)20(29)11-12-24(17)15-26-14-18(24)23(30)28-13-5-4-8-19(28)16-6-2-1-3-7-16/h9-10,16,18-19,26H,1-8,11-15H2/t18-,19?,24-/m0/s1. The van der Waals surface area contributed by atoms with Gasteiger partial charge in [0.1, 0.15) is 10.8 Å². The zero-order valence-electron chi connectivity index (χ0n) is 17.7. The summed E-state index contributed by atoms with van der Waals surface area (Å²) < 4.78 is 0. The van der Waals surface area contributed by atoms with Crippen molar-refractivity contribution in [3.8, 4) is 0 Å². The van der Waals surface area contributed by atoms with Gasteiger partial charge in [-0.1, -0.05) is 36.9 Å². The van der Waals surface area contributed by atoms with Gasteiger partial charge in [-0.15, -0.1) is 0 Å². The third kappa shape index (κ3) is 3.38. The van der Waals surface area contributed by atoms with Gasteiger partial charge >= 0.3 is 0 Å². The summed E-state index contributed by atoms with van der Waals surface area (Å²) in [5.74, 6) is 0.880. The molecule has 2 aliphatic heterocycles. The van der Waals surface area contributed by atoms with Gasteiger partial charge in [0.25, 0.3) is 0 Å². The lowest BCUT2D eigenvalue weighted by Gasteiger charge is -2.46. The van der Waals surface area contributed by atoms with Crippen LogP contribution in [0.1, 0.15) is 80.3 Å². The molecule has 0 aromatic carbocycles. The molecule has 1 unspecified atom stereocenters. The van der Waals surface area contributed by atoms with Crippen LogP contribution in [-0.2, 0) is 10.2 Å². The van der Waals surface area contributed by atoms with E-state index in [9.17, 15) is 9.59 Å². The third-order valence-electron chi connectivity index (χ3n) is 8.24. The van der Waals surface area contributed by atoms with Crippen molar-refractivity contribution in [1.82, 2.24) is 15.2 Å². The summed E-state index contributed by atoms with van der Waals surface area (Å²) in [5, 5.41) is 3.85. The highest BCUT2D eigenvalue weighted by molar-refractivity contribution is 6.29. The van der Waals surface area contributed by atoms with Crippen molar-refractivity contribution in [2.45, 2.75) is 75.7 Å². The number of rotatable bonds is 2. The molecule has 1 amide bonds. The maximum atomic E-state index is 14.0. The van der Waals surface area contributed by atoms with E-state index in [1.807, 2.05) is 6.07 Å². The lowest BCUT2D eigenvalue weighted by atomic mass is 9.64. The van der Waals surface area contributed by atoms with Crippen LogP contribution in [-0.4, -0.2) is 47.3 Å². The number of hydrogen-bond acceptors (Lipinski definition) is 4. The molecule has 4 aliphatic rings. The molecule has 1 N–H and O–H groups in total. The van der Waals surface area contributed by atoms with E-state index < -0.39 is 0 Å². The van der Waals surface area contributed by atoms with Gasteiger partial charge in [-0.2, -0.15) is 0 Å². The number of carbonyl (C=O) groups is 2. The van der Waals surface area contributed by atoms with Gasteiger partial charge in [-0.25, -0.2) is 4.98 Å². The predicted molar refractivity (Wildman–Crippen MR) is 117 cm³/mol. The number of likely N-dealkylation sites (tertiary alicyclic amines) is 1. The summed E-state index contributed by atoms with van der Waals surface area (Å²) in [4.78, 5) is 33.2. The second kappa shape index (κ2) is 8.23. The summed E-state index contributed by atoms with van der Waals surface area (Å²) in [6.45, 7) is 2.30. The van der Waals surface area contributed by atoms with Crippen LogP contribution in [0.15, 0.2) is 12.1 Å². The van der Waals surface area contributed by atoms with Crippen LogP contribution in [0, 0.1) is 11.8 Å². The fourth-order valence-corrected chi connectivity index (χ4v) is 6.85. The van der Waals surface area contributed by atoms with Crippen LogP contribution in [0.3, 0.4) is 0 Å². The van der Waals surface area contributed by atoms with Crippen LogP contribution < -0.4 is 5.32 Å². The Balaban J connectivity index is 1.47. The topological polar surface area (TPSA) is 62.3 Å². The molecule has 5 nitrogen and oxygen atoms in total. The second-order valence-electron chi connectivity index (χ2n) is 9.79. The van der Waals surface area contributed by atoms with Crippen LogP contribution in [0.5, 0.6) is 0 Å². The van der Waals surface area contributed by atoms with Gasteiger partial charge < -0.3 is 10.2 Å². The Hall–Kier alpha value is -1.46. The van der Waals surface area contributed by atoms with E-state index in [2.05, 4.69) is 15.2 Å². The van der Waals surface area contributed by atoms with Crippen LogP contribution in [0.25, 0.3) is 0 Å². The van der Waals surface area contributed by atoms with Crippen molar-refractivity contribution >= 4 is 23.3 Å². The Morgan fingerprint density at radius 3 is 2.77 bits per heavy atom. The van der Waals surface area contributed by atoms with Crippen LogP contribution in [0.4, 0.5) is 0 Å². The van der Waals surface area contributed by atoms with Gasteiger partial charge in [0, 0.05) is 37.5 Å². The first kappa shape index (κ1) is 20.4. The monoisotopic (exact) mass is 429 g/mol. The highest BCUT2D eigenvalue weighted by Gasteiger charge is 2.53. The molecule has 1 spiro atoms. The zero-order chi connectivity index (χ0) is 20.7. The Kier molecular flexibility index (Phi) is 5.61. The number of amides is 1. The van der Waals surface area contributed by atoms with Gasteiger partial charge in [-0.05, 0) is 56.1 Å². The number of nitrogens with zero attached hydrogens (tertiary/aromatic N) is 2. The van der Waals surface area contributed by atoms with Crippen LogP contribution >= 0.6 is 11.6 Å². The SMILES string of the molecule is O=C1CC[C@]2(CNC[C@H]2C(=O)N2CCCCC2C2CCCCC2)c2ccc(Cl)nc21. The molecular formula is C24H32ClN3O2. The molecule has 3 heterocycles. The summed E-state index contributed by atoms with van der Waals surface area (Å²) in [7, 11) is 0. The van der Waals surface area contributed by atoms with Gasteiger partial charge in [-0.3, -0.25) is 9.59 Å². The van der Waals surface area contributed by atoms with Gasteiger partial charge in [0.05, 0.1) is 5.92 Å². The van der Waals surface area contributed by atoms with E-state index in [1.165, 1.54) is 38.5 Å². The highest BCUT2D eigenvalue weighted by atomic mass is 35.5. The largest absolute Gasteiger partial charge is 0.339 e. The fourth-order valence-electron chi connectivity index (χ4n) is 6.71. The molecular weight excluding hydrogens is 398 g/mol. The number of aromatic nitrogens is 1. The zero-order valence-corrected chi connectivity index (χ0v) is 18.4. The summed E-state index contributed by atoms with van der Waals surface area (Å²) in [5.41, 5.74) is 1.07. The summed E-state index contributed by atoms with van der Waals surface area (Å²) in [6, 6.07) is 4.12. The third-order valence-corrected chi connectivity index (χ3v) is 8.45. The van der Waals surface area contributed by atoms with Gasteiger partial charge in [0.2, 0.25) is 5.91 Å². The molecule has 1 aromatic heterocycles. The number of ketones is 1. The normalized spacial score (nSPS) is 32.4. The molecule has 5 rings (SSSR count). The lowest BCUT2D eigenvalue weighted by Crippen LogP contribution is -2.54. The predicted octanol–water partition coefficient (Wildman–Crippen LogP) is 4.13. The van der Waals surface area contributed by atoms with Crippen molar-refractivity contribution in [2.24, 2.45) is 11.8 Å². The Morgan fingerprint density at radius 1 is 1.13 bits per heavy atom. The number of pyridine rings is 1. The molecule has 1 aromatic rings. The molecule has 2 aliphatic carbocycles. The van der Waals surface area contributed by atoms with E-state index in [-0.39, 0.29) is 17.1 Å². The Labute approximate surface area is 183 Å². The minimum Gasteiger partial charge on any atom is -0.339 e. The van der Waals surface area contributed by atoms with Crippen molar-refractivity contribution < 1.29 is 9.59 Å². The van der Waals surface area contributed by atoms with Crippen molar-refractivity contribution in [1.29, 1.82) is 0 Å². The van der Waals surface area contributed by atoms with Crippen molar-refractivity contribution in [2.75, 3.05) is 19.6 Å². The molecule has 3 fully saturated rings. The van der Waals surface area contributed by atoms with Crippen molar-refractivity contribution in [3.63, 3.8) is 0 Å². The smallest absolute Gasteiger partial charge is 0.228 e. The number of piperidine rings is 1. The minimum atomic E-state index is -0.341. The molecule has 162 valence electrons. The molecule has 2 saturated heterocycles. The maximum absolute atomic E-state index is 14.0. The van der Waals surface area contributed by atoms with E-state index >= 15 is 0 Å². The average Bonchev–Trinajstić information content (AvgIpc) is 3.21. The molecule has 0 bridgehead atoms. The molecule has 3 atom stereocenters. The summed E-state index contributed by atoms with van der Waals surface area (Å²) >= 11 is 6.11. The Morgan fingerprint density at radius 2 is 1.93 bits per heavy atom. The van der Waals surface area contributed by atoms with E-state index in [1.54, 1.807) is 6.07 Å².